The van der Waals surface area contributed by atoms with Crippen LogP contribution in [-0.2, 0) is 5.79 Å². The highest BCUT2D eigenvalue weighted by atomic mass is 35.5. The van der Waals surface area contributed by atoms with Crippen molar-refractivity contribution < 1.29 is 10.2 Å². The fourth-order valence-corrected chi connectivity index (χ4v) is 2.43. The molecular weight excluding hydrogens is 260 g/mol. The lowest BCUT2D eigenvalue weighted by Crippen LogP contribution is -2.54. The molecule has 0 unspecified atom stereocenters. The van der Waals surface area contributed by atoms with Crippen LogP contribution in [0.2, 0.25) is 4.34 Å². The topological polar surface area (TPSA) is 85.0 Å². The van der Waals surface area contributed by atoms with Crippen molar-refractivity contribution in [3.8, 4) is 0 Å². The Kier molecular flexibility index (Phi) is 3.09. The number of hydrogen-bond acceptors (Lipinski definition) is 5. The predicted octanol–water partition coefficient (Wildman–Crippen LogP) is 0.609. The van der Waals surface area contributed by atoms with Gasteiger partial charge in [-0.1, -0.05) is 58.3 Å². The molecule has 0 saturated heterocycles. The van der Waals surface area contributed by atoms with Gasteiger partial charge >= 0.3 is 0 Å². The molecule has 0 saturated carbocycles. The van der Waals surface area contributed by atoms with Crippen LogP contribution in [0.25, 0.3) is 0 Å². The lowest BCUT2D eigenvalue weighted by atomic mass is 10.0. The Bertz CT molecular complexity index is 537. The number of hydrogen-bond donors (Lipinski definition) is 1. The van der Waals surface area contributed by atoms with Gasteiger partial charge in [-0.05, 0) is 6.92 Å². The molecule has 90 valence electrons. The molecule has 0 atom stereocenters. The molecule has 6 heteroatoms. The molecule has 0 aliphatic carbocycles. The smallest absolute Gasteiger partial charge is 0.181 e. The van der Waals surface area contributed by atoms with Crippen molar-refractivity contribution in [2.75, 3.05) is 5.73 Å². The van der Waals surface area contributed by atoms with Crippen LogP contribution in [0, 0.1) is 6.92 Å². The Morgan fingerprint density at radius 2 is 1.88 bits per heavy atom. The zero-order valence-corrected chi connectivity index (χ0v) is 10.5. The zero-order chi connectivity index (χ0) is 12.6. The fourth-order valence-electron chi connectivity index (χ4n) is 1.43. The molecule has 0 spiro atoms. The number of nitrogens with zero attached hydrogens (tertiary/aromatic N) is 1. The second-order valence-corrected chi connectivity index (χ2v) is 5.29. The molecule has 1 heterocycles. The van der Waals surface area contributed by atoms with E-state index in [1.54, 1.807) is 12.1 Å². The van der Waals surface area contributed by atoms with Gasteiger partial charge in [-0.2, -0.15) is 0 Å². The van der Waals surface area contributed by atoms with Crippen molar-refractivity contribution in [3.63, 3.8) is 0 Å². The molecule has 0 fully saturated rings. The van der Waals surface area contributed by atoms with Gasteiger partial charge in [-0.15, -0.1) is 5.79 Å². The monoisotopic (exact) mass is 268 g/mol. The van der Waals surface area contributed by atoms with Crippen LogP contribution in [-0.4, -0.2) is 4.98 Å². The standard InChI is InChI=1S/C11H9ClN2O2S/c1-6-2-4-7(5-3-6)11(15,16)8-9(12)17-10(13)14-8/h2-5H,1H3,(H2,13,14)/q-2. The number of aryl methyl sites for hydroxylation is 1. The van der Waals surface area contributed by atoms with E-state index in [1.807, 2.05) is 6.92 Å². The first-order valence-electron chi connectivity index (χ1n) is 4.81. The van der Waals surface area contributed by atoms with Crippen molar-refractivity contribution in [2.24, 2.45) is 0 Å². The number of benzene rings is 1. The van der Waals surface area contributed by atoms with Gasteiger partial charge in [-0.25, -0.2) is 4.98 Å². The number of nitrogens with two attached hydrogens (primary N) is 1. The van der Waals surface area contributed by atoms with E-state index in [4.69, 9.17) is 17.3 Å². The largest absolute Gasteiger partial charge is 0.855 e. The summed E-state index contributed by atoms with van der Waals surface area (Å²) in [6.07, 6.45) is 0. The molecule has 2 N–H and O–H groups in total. The van der Waals surface area contributed by atoms with Crippen LogP contribution in [0.5, 0.6) is 0 Å². The third-order valence-corrected chi connectivity index (χ3v) is 3.43. The normalized spacial score (nSPS) is 11.8. The molecule has 0 radical (unpaired) electrons. The molecule has 1 aromatic carbocycles. The van der Waals surface area contributed by atoms with Crippen LogP contribution in [0.4, 0.5) is 5.13 Å². The maximum Gasteiger partial charge on any atom is 0.181 e. The maximum absolute atomic E-state index is 12.1. The van der Waals surface area contributed by atoms with E-state index < -0.39 is 5.79 Å². The Hall–Kier alpha value is -1.14. The van der Waals surface area contributed by atoms with Crippen molar-refractivity contribution >= 4 is 28.1 Å². The SMILES string of the molecule is Cc1ccc(C([O-])([O-])c2nc(N)sc2Cl)cc1. The van der Waals surface area contributed by atoms with Gasteiger partial charge in [0.15, 0.2) is 5.13 Å². The minimum absolute atomic E-state index is 0.0491. The minimum Gasteiger partial charge on any atom is -0.855 e. The summed E-state index contributed by atoms with van der Waals surface area (Å²) < 4.78 is 0.0491. The number of aromatic nitrogens is 1. The van der Waals surface area contributed by atoms with Crippen LogP contribution in [0.3, 0.4) is 0 Å². The Balaban J connectivity index is 2.49. The van der Waals surface area contributed by atoms with Gasteiger partial charge in [0, 0.05) is 5.69 Å². The third-order valence-electron chi connectivity index (χ3n) is 2.35. The van der Waals surface area contributed by atoms with Gasteiger partial charge in [0.25, 0.3) is 0 Å². The van der Waals surface area contributed by atoms with Gasteiger partial charge in [-0.3, -0.25) is 0 Å². The van der Waals surface area contributed by atoms with Crippen LogP contribution >= 0.6 is 22.9 Å². The summed E-state index contributed by atoms with van der Waals surface area (Å²) in [5.74, 6) is -2.72. The Morgan fingerprint density at radius 3 is 2.35 bits per heavy atom. The first-order chi connectivity index (χ1) is 7.91. The number of halogens is 1. The summed E-state index contributed by atoms with van der Waals surface area (Å²) in [4.78, 5) is 3.72. The molecule has 0 bridgehead atoms. The average molecular weight is 269 g/mol. The number of thiazole rings is 1. The van der Waals surface area contributed by atoms with Crippen molar-refractivity contribution in [2.45, 2.75) is 12.7 Å². The van der Waals surface area contributed by atoms with E-state index in [-0.39, 0.29) is 20.7 Å². The van der Waals surface area contributed by atoms with Crippen molar-refractivity contribution in [1.29, 1.82) is 0 Å². The Labute approximate surface area is 107 Å². The summed E-state index contributed by atoms with van der Waals surface area (Å²) in [5, 5.41) is 24.3. The van der Waals surface area contributed by atoms with Crippen molar-refractivity contribution in [1.82, 2.24) is 4.98 Å². The first kappa shape index (κ1) is 12.3. The zero-order valence-electron chi connectivity index (χ0n) is 8.94. The lowest BCUT2D eigenvalue weighted by Gasteiger charge is -2.47. The van der Waals surface area contributed by atoms with E-state index >= 15 is 0 Å². The molecule has 4 nitrogen and oxygen atoms in total. The summed E-state index contributed by atoms with van der Waals surface area (Å²) in [5.41, 5.74) is 6.21. The highest BCUT2D eigenvalue weighted by molar-refractivity contribution is 7.19. The highest BCUT2D eigenvalue weighted by Crippen LogP contribution is 2.32. The van der Waals surface area contributed by atoms with Crippen LogP contribution < -0.4 is 15.9 Å². The van der Waals surface area contributed by atoms with E-state index in [9.17, 15) is 10.2 Å². The molecular formula is C11H9ClN2O2S-2. The quantitative estimate of drug-likeness (QED) is 0.809. The van der Waals surface area contributed by atoms with Gasteiger partial charge in [0.2, 0.25) is 0 Å². The summed E-state index contributed by atoms with van der Waals surface area (Å²) in [6, 6.07) is 6.37. The second-order valence-electron chi connectivity index (χ2n) is 3.66. The summed E-state index contributed by atoms with van der Waals surface area (Å²) in [6.45, 7) is 1.87. The van der Waals surface area contributed by atoms with Gasteiger partial charge < -0.3 is 15.9 Å². The number of anilines is 1. The van der Waals surface area contributed by atoms with E-state index in [2.05, 4.69) is 4.98 Å². The molecule has 17 heavy (non-hydrogen) atoms. The van der Waals surface area contributed by atoms with E-state index in [0.29, 0.717) is 0 Å². The van der Waals surface area contributed by atoms with Gasteiger partial charge in [0.05, 0.1) is 0 Å². The molecule has 0 amide bonds. The van der Waals surface area contributed by atoms with Crippen molar-refractivity contribution in [3.05, 3.63) is 45.4 Å². The van der Waals surface area contributed by atoms with Gasteiger partial charge in [0.1, 0.15) is 4.34 Å². The maximum atomic E-state index is 12.1. The molecule has 2 rings (SSSR count). The molecule has 0 aliphatic heterocycles. The summed E-state index contributed by atoms with van der Waals surface area (Å²) in [7, 11) is 0. The third kappa shape index (κ3) is 2.28. The second kappa shape index (κ2) is 4.27. The van der Waals surface area contributed by atoms with E-state index in [1.165, 1.54) is 12.1 Å². The average Bonchev–Trinajstić information content (AvgIpc) is 2.59. The predicted molar refractivity (Wildman–Crippen MR) is 63.5 cm³/mol. The minimum atomic E-state index is -2.72. The summed E-state index contributed by atoms with van der Waals surface area (Å²) >= 11 is 6.71. The Morgan fingerprint density at radius 1 is 1.29 bits per heavy atom. The highest BCUT2D eigenvalue weighted by Gasteiger charge is 2.16. The number of rotatable bonds is 2. The molecule has 1 aromatic heterocycles. The molecule has 0 aliphatic rings. The first-order valence-corrected chi connectivity index (χ1v) is 6.01. The van der Waals surface area contributed by atoms with Crippen LogP contribution in [0.15, 0.2) is 24.3 Å². The van der Waals surface area contributed by atoms with Crippen LogP contribution in [0.1, 0.15) is 16.8 Å². The fraction of sp³-hybridized carbons (Fsp3) is 0.182. The molecule has 2 aromatic rings. The van der Waals surface area contributed by atoms with E-state index in [0.717, 1.165) is 16.9 Å². The number of nitrogen functional groups attached to an aromatic ring is 1. The lowest BCUT2D eigenvalue weighted by molar-refractivity contribution is -0.719.